The van der Waals surface area contributed by atoms with E-state index in [4.69, 9.17) is 0 Å². The molecule has 1 nitrogen and oxygen atoms in total. The van der Waals surface area contributed by atoms with E-state index in [0.29, 0.717) is 12.1 Å². The lowest BCUT2D eigenvalue weighted by Gasteiger charge is -2.42. The molecule has 0 unspecified atom stereocenters. The maximum Gasteiger partial charge on any atom is 0.0214 e. The Bertz CT molecular complexity index is 1220. The standard InChI is InChI=1S/C35H36NP2/c1-27(2)36(28(3)4)35-33(37(29-17-9-5-10-18-29)30-19-11-6-12-20-30)25-26-34(35)38(31-21-13-7-14-22-31)32-23-15-8-16-24-32/h5-28H,1-4H3/q-1. The molecule has 192 valence electrons. The first kappa shape index (κ1) is 26.5. The van der Waals surface area contributed by atoms with Crippen LogP contribution in [0.4, 0.5) is 5.69 Å². The summed E-state index contributed by atoms with van der Waals surface area (Å²) in [4.78, 5) is 2.66. The van der Waals surface area contributed by atoms with Gasteiger partial charge in [-0.2, -0.15) is 6.07 Å². The summed E-state index contributed by atoms with van der Waals surface area (Å²) in [6, 6.07) is 50.0. The molecule has 0 saturated carbocycles. The Labute approximate surface area is 231 Å². The van der Waals surface area contributed by atoms with Crippen molar-refractivity contribution in [1.29, 1.82) is 0 Å². The maximum atomic E-state index is 2.66. The van der Waals surface area contributed by atoms with Crippen LogP contribution in [0, 0.1) is 0 Å². The van der Waals surface area contributed by atoms with Gasteiger partial charge < -0.3 is 4.90 Å². The van der Waals surface area contributed by atoms with E-state index in [1.165, 1.54) is 37.5 Å². The van der Waals surface area contributed by atoms with Gasteiger partial charge in [-0.3, -0.25) is 0 Å². The smallest absolute Gasteiger partial charge is 0.0214 e. The van der Waals surface area contributed by atoms with Gasteiger partial charge in [-0.05, 0) is 48.9 Å². The molecule has 0 heterocycles. The largest absolute Gasteiger partial charge is 0.388 e. The predicted octanol–water partition coefficient (Wildman–Crippen LogP) is 6.55. The first-order valence-corrected chi connectivity index (χ1v) is 16.1. The first-order valence-electron chi connectivity index (χ1n) is 13.4. The highest BCUT2D eigenvalue weighted by atomic mass is 31.1. The zero-order valence-corrected chi connectivity index (χ0v) is 24.5. The fourth-order valence-electron chi connectivity index (χ4n) is 5.35. The summed E-state index contributed by atoms with van der Waals surface area (Å²) < 4.78 is 0. The van der Waals surface area contributed by atoms with Crippen LogP contribution in [-0.4, -0.2) is 12.1 Å². The Morgan fingerprint density at radius 3 is 1.24 bits per heavy atom. The molecule has 0 atom stereocenters. The fraction of sp³-hybridized carbons (Fsp3) is 0.171. The highest BCUT2D eigenvalue weighted by Crippen LogP contribution is 2.43. The quantitative estimate of drug-likeness (QED) is 0.154. The maximum absolute atomic E-state index is 2.66. The summed E-state index contributed by atoms with van der Waals surface area (Å²) in [5, 5.41) is 8.47. The van der Waals surface area contributed by atoms with Crippen molar-refractivity contribution >= 4 is 53.4 Å². The lowest BCUT2D eigenvalue weighted by molar-refractivity contribution is 0.611. The zero-order chi connectivity index (χ0) is 26.5. The van der Waals surface area contributed by atoms with E-state index in [9.17, 15) is 0 Å². The third-order valence-corrected chi connectivity index (χ3v) is 11.7. The lowest BCUT2D eigenvalue weighted by Crippen LogP contribution is -2.42. The Morgan fingerprint density at radius 2 is 0.868 bits per heavy atom. The molecule has 5 rings (SSSR count). The van der Waals surface area contributed by atoms with E-state index < -0.39 is 15.8 Å². The highest BCUT2D eigenvalue weighted by Gasteiger charge is 2.25. The number of hydrogen-bond donors (Lipinski definition) is 0. The normalized spacial score (nSPS) is 11.6. The molecule has 5 aromatic rings. The number of rotatable bonds is 9. The van der Waals surface area contributed by atoms with Crippen molar-refractivity contribution in [3.63, 3.8) is 0 Å². The van der Waals surface area contributed by atoms with E-state index >= 15 is 0 Å². The van der Waals surface area contributed by atoms with E-state index in [1.54, 1.807) is 0 Å². The molecule has 0 radical (unpaired) electrons. The minimum atomic E-state index is -0.722. The van der Waals surface area contributed by atoms with Gasteiger partial charge in [0.05, 0.1) is 0 Å². The second kappa shape index (κ2) is 12.2. The average Bonchev–Trinajstić information content (AvgIpc) is 3.34. The van der Waals surface area contributed by atoms with Crippen molar-refractivity contribution < 1.29 is 0 Å². The number of hydrogen-bond acceptors (Lipinski definition) is 1. The van der Waals surface area contributed by atoms with Gasteiger partial charge in [-0.15, -0.1) is 10.6 Å². The van der Waals surface area contributed by atoms with E-state index in [1.807, 2.05) is 0 Å². The summed E-state index contributed by atoms with van der Waals surface area (Å²) in [5.74, 6) is 0. The summed E-state index contributed by atoms with van der Waals surface area (Å²) in [7, 11) is -1.44. The molecule has 0 N–H and O–H groups in total. The molecular formula is C35H36NP2-. The van der Waals surface area contributed by atoms with Crippen LogP contribution in [-0.2, 0) is 0 Å². The third-order valence-electron chi connectivity index (χ3n) is 6.79. The van der Waals surface area contributed by atoms with Crippen molar-refractivity contribution in [2.24, 2.45) is 0 Å². The summed E-state index contributed by atoms with van der Waals surface area (Å²) in [5.41, 5.74) is 1.42. The van der Waals surface area contributed by atoms with Crippen molar-refractivity contribution in [2.45, 2.75) is 39.8 Å². The van der Waals surface area contributed by atoms with Crippen molar-refractivity contribution in [3.8, 4) is 0 Å². The highest BCUT2D eigenvalue weighted by molar-refractivity contribution is 7.82. The minimum Gasteiger partial charge on any atom is -0.388 e. The van der Waals surface area contributed by atoms with Crippen LogP contribution < -0.4 is 36.7 Å². The van der Waals surface area contributed by atoms with Gasteiger partial charge in [0, 0.05) is 12.1 Å². The summed E-state index contributed by atoms with van der Waals surface area (Å²) in [6.07, 6.45) is 0. The molecule has 0 aromatic heterocycles. The summed E-state index contributed by atoms with van der Waals surface area (Å²) in [6.45, 7) is 9.34. The number of anilines is 1. The summed E-state index contributed by atoms with van der Waals surface area (Å²) >= 11 is 0. The van der Waals surface area contributed by atoms with Crippen LogP contribution >= 0.6 is 15.8 Å². The lowest BCUT2D eigenvalue weighted by atomic mass is 10.2. The molecule has 0 aliphatic heterocycles. The van der Waals surface area contributed by atoms with Gasteiger partial charge in [-0.25, -0.2) is 6.07 Å². The third kappa shape index (κ3) is 5.51. The van der Waals surface area contributed by atoms with Crippen LogP contribution in [0.25, 0.3) is 0 Å². The average molecular weight is 533 g/mol. The Hall–Kier alpha value is -3.11. The van der Waals surface area contributed by atoms with Gasteiger partial charge in [0.1, 0.15) is 0 Å². The SMILES string of the molecule is CC(C)N(c1c(P(c2ccccc2)c2ccccc2)cc[c-]1P(c1ccccc1)c1ccccc1)C(C)C. The first-order chi connectivity index (χ1) is 18.6. The van der Waals surface area contributed by atoms with Gasteiger partial charge >= 0.3 is 0 Å². The van der Waals surface area contributed by atoms with Gasteiger partial charge in [0.15, 0.2) is 0 Å². The van der Waals surface area contributed by atoms with E-state index in [-0.39, 0.29) is 0 Å². The molecule has 3 heteroatoms. The van der Waals surface area contributed by atoms with Crippen molar-refractivity contribution in [2.75, 3.05) is 4.90 Å². The van der Waals surface area contributed by atoms with Crippen LogP contribution in [0.2, 0.25) is 0 Å². The molecule has 38 heavy (non-hydrogen) atoms. The second-order valence-electron chi connectivity index (χ2n) is 10.1. The van der Waals surface area contributed by atoms with Crippen molar-refractivity contribution in [1.82, 2.24) is 0 Å². The second-order valence-corrected chi connectivity index (χ2v) is 14.4. The fourth-order valence-corrected chi connectivity index (χ4v) is 10.4. The van der Waals surface area contributed by atoms with Crippen molar-refractivity contribution in [3.05, 3.63) is 133 Å². The minimum absolute atomic E-state index is 0.377. The molecule has 0 amide bonds. The topological polar surface area (TPSA) is 3.24 Å². The predicted molar refractivity (Wildman–Crippen MR) is 172 cm³/mol. The van der Waals surface area contributed by atoms with Crippen LogP contribution in [0.3, 0.4) is 0 Å². The zero-order valence-electron chi connectivity index (χ0n) is 22.7. The van der Waals surface area contributed by atoms with Gasteiger partial charge in [0.2, 0.25) is 0 Å². The monoisotopic (exact) mass is 532 g/mol. The Balaban J connectivity index is 1.81. The van der Waals surface area contributed by atoms with Crippen LogP contribution in [0.1, 0.15) is 27.7 Å². The van der Waals surface area contributed by atoms with Crippen LogP contribution in [0.15, 0.2) is 133 Å². The molecule has 0 bridgehead atoms. The van der Waals surface area contributed by atoms with Gasteiger partial charge in [-0.1, -0.05) is 143 Å². The van der Waals surface area contributed by atoms with Crippen LogP contribution in [0.5, 0.6) is 0 Å². The molecule has 0 spiro atoms. The number of nitrogens with zero attached hydrogens (tertiary/aromatic N) is 1. The van der Waals surface area contributed by atoms with Gasteiger partial charge in [0.25, 0.3) is 0 Å². The molecule has 0 saturated heterocycles. The molecule has 5 aromatic carbocycles. The Kier molecular flexibility index (Phi) is 8.48. The molecular weight excluding hydrogens is 496 g/mol. The number of benzene rings is 4. The van der Waals surface area contributed by atoms with E-state index in [0.717, 1.165) is 0 Å². The Morgan fingerprint density at radius 1 is 0.500 bits per heavy atom. The molecule has 0 aliphatic carbocycles. The van der Waals surface area contributed by atoms with E-state index in [2.05, 4.69) is 166 Å². The molecule has 0 aliphatic rings. The molecule has 0 fully saturated rings.